The van der Waals surface area contributed by atoms with Gasteiger partial charge in [-0.15, -0.1) is 5.06 Å². The summed E-state index contributed by atoms with van der Waals surface area (Å²) in [5.41, 5.74) is 0.0721. The van der Waals surface area contributed by atoms with E-state index in [2.05, 4.69) is 5.32 Å². The molecule has 0 amide bonds. The van der Waals surface area contributed by atoms with Crippen molar-refractivity contribution in [3.8, 4) is 5.75 Å². The summed E-state index contributed by atoms with van der Waals surface area (Å²) >= 11 is 0. The van der Waals surface area contributed by atoms with Gasteiger partial charge in [0, 0.05) is 26.2 Å². The molecule has 1 aromatic rings. The summed E-state index contributed by atoms with van der Waals surface area (Å²) in [7, 11) is 0. The fourth-order valence-corrected chi connectivity index (χ4v) is 1.72. The number of carbonyl (C=O) groups is 2. The quantitative estimate of drug-likeness (QED) is 0.745. The van der Waals surface area contributed by atoms with Gasteiger partial charge in [-0.2, -0.15) is 0 Å². The third-order valence-corrected chi connectivity index (χ3v) is 2.70. The minimum absolute atomic E-state index is 0.00173. The minimum atomic E-state index is -0.655. The second kappa shape index (κ2) is 5.61. The van der Waals surface area contributed by atoms with Crippen molar-refractivity contribution in [3.05, 3.63) is 29.3 Å². The summed E-state index contributed by atoms with van der Waals surface area (Å²) in [6, 6.07) is 4.38. The predicted octanol–water partition coefficient (Wildman–Crippen LogP) is 0.182. The Kier molecular flexibility index (Phi) is 3.91. The van der Waals surface area contributed by atoms with Gasteiger partial charge in [0.1, 0.15) is 11.3 Å². The molecule has 0 unspecified atom stereocenters. The lowest BCUT2D eigenvalue weighted by Gasteiger charge is -2.25. The van der Waals surface area contributed by atoms with E-state index in [-0.39, 0.29) is 16.9 Å². The molecule has 1 heterocycles. The largest absolute Gasteiger partial charge is 0.506 e. The summed E-state index contributed by atoms with van der Waals surface area (Å²) in [5.74, 6) is -0.995. The molecule has 2 rings (SSSR count). The van der Waals surface area contributed by atoms with E-state index in [4.69, 9.17) is 4.84 Å². The molecular formula is C12H14N2O4. The Morgan fingerprint density at radius 2 is 2.11 bits per heavy atom. The van der Waals surface area contributed by atoms with Gasteiger partial charge in [-0.05, 0) is 12.1 Å². The Hall–Kier alpha value is -1.92. The highest BCUT2D eigenvalue weighted by atomic mass is 16.7. The van der Waals surface area contributed by atoms with E-state index in [1.807, 2.05) is 0 Å². The van der Waals surface area contributed by atoms with Crippen LogP contribution in [0.25, 0.3) is 0 Å². The number of hydrogen-bond acceptors (Lipinski definition) is 6. The zero-order valence-electron chi connectivity index (χ0n) is 9.76. The average molecular weight is 250 g/mol. The highest BCUT2D eigenvalue weighted by molar-refractivity contribution is 5.95. The number of piperazine rings is 1. The molecule has 18 heavy (non-hydrogen) atoms. The molecule has 0 saturated carbocycles. The van der Waals surface area contributed by atoms with Crippen molar-refractivity contribution in [1.29, 1.82) is 0 Å². The summed E-state index contributed by atoms with van der Waals surface area (Å²) in [6.45, 7) is 2.68. The van der Waals surface area contributed by atoms with Crippen molar-refractivity contribution in [1.82, 2.24) is 10.4 Å². The smallest absolute Gasteiger partial charge is 0.360 e. The Morgan fingerprint density at radius 1 is 1.39 bits per heavy atom. The second-order valence-electron chi connectivity index (χ2n) is 3.92. The zero-order valence-corrected chi connectivity index (χ0v) is 9.76. The van der Waals surface area contributed by atoms with Crippen molar-refractivity contribution in [3.63, 3.8) is 0 Å². The molecule has 0 aromatic heterocycles. The molecule has 6 heteroatoms. The zero-order chi connectivity index (χ0) is 13.0. The van der Waals surface area contributed by atoms with Gasteiger partial charge in [0.05, 0.1) is 5.56 Å². The van der Waals surface area contributed by atoms with Crippen LogP contribution in [0, 0.1) is 0 Å². The number of para-hydroxylation sites is 1. The summed E-state index contributed by atoms with van der Waals surface area (Å²) < 4.78 is 0. The standard InChI is InChI=1S/C12H14N2O4/c15-8-9-2-1-3-10(11(9)16)12(17)18-14-6-4-13-5-7-14/h1-3,8,13,16H,4-7H2. The third-order valence-electron chi connectivity index (χ3n) is 2.70. The lowest BCUT2D eigenvalue weighted by Crippen LogP contribution is -2.44. The summed E-state index contributed by atoms with van der Waals surface area (Å²) in [4.78, 5) is 27.6. The predicted molar refractivity (Wildman–Crippen MR) is 63.4 cm³/mol. The number of aldehydes is 1. The molecule has 0 spiro atoms. The Balaban J connectivity index is 2.10. The van der Waals surface area contributed by atoms with Gasteiger partial charge in [-0.1, -0.05) is 6.07 Å². The fraction of sp³-hybridized carbons (Fsp3) is 0.333. The molecule has 0 radical (unpaired) electrons. The van der Waals surface area contributed by atoms with E-state index in [9.17, 15) is 14.7 Å². The number of phenolic OH excluding ortho intramolecular Hbond substituents is 1. The first-order valence-corrected chi connectivity index (χ1v) is 5.67. The van der Waals surface area contributed by atoms with E-state index >= 15 is 0 Å². The van der Waals surface area contributed by atoms with Gasteiger partial charge in [0.15, 0.2) is 6.29 Å². The molecule has 96 valence electrons. The molecule has 0 bridgehead atoms. The van der Waals surface area contributed by atoms with E-state index in [1.165, 1.54) is 23.3 Å². The van der Waals surface area contributed by atoms with Gasteiger partial charge in [0.25, 0.3) is 0 Å². The molecule has 6 nitrogen and oxygen atoms in total. The molecule has 1 aromatic carbocycles. The highest BCUT2D eigenvalue weighted by Gasteiger charge is 2.20. The number of benzene rings is 1. The van der Waals surface area contributed by atoms with Crippen molar-refractivity contribution in [2.75, 3.05) is 26.2 Å². The van der Waals surface area contributed by atoms with E-state index in [0.717, 1.165) is 13.1 Å². The Labute approximate surface area is 104 Å². The Bertz CT molecular complexity index is 455. The van der Waals surface area contributed by atoms with Crippen molar-refractivity contribution < 1.29 is 19.5 Å². The Morgan fingerprint density at radius 3 is 2.78 bits per heavy atom. The SMILES string of the molecule is O=Cc1cccc(C(=O)ON2CCNCC2)c1O. The number of hydrogen-bond donors (Lipinski definition) is 2. The van der Waals surface area contributed by atoms with Gasteiger partial charge in [-0.3, -0.25) is 4.79 Å². The fourth-order valence-electron chi connectivity index (χ4n) is 1.72. The maximum absolute atomic E-state index is 11.8. The van der Waals surface area contributed by atoms with E-state index in [1.54, 1.807) is 0 Å². The number of carbonyl (C=O) groups excluding carboxylic acids is 2. The van der Waals surface area contributed by atoms with E-state index < -0.39 is 5.97 Å². The number of nitrogens with zero attached hydrogens (tertiary/aromatic N) is 1. The average Bonchev–Trinajstić information content (AvgIpc) is 2.40. The van der Waals surface area contributed by atoms with Crippen LogP contribution in [0.15, 0.2) is 18.2 Å². The molecule has 1 saturated heterocycles. The van der Waals surface area contributed by atoms with Gasteiger partial charge < -0.3 is 15.3 Å². The molecule has 0 atom stereocenters. The molecule has 1 fully saturated rings. The molecule has 1 aliphatic rings. The maximum Gasteiger partial charge on any atom is 0.360 e. The van der Waals surface area contributed by atoms with Crippen molar-refractivity contribution in [2.24, 2.45) is 0 Å². The van der Waals surface area contributed by atoms with Crippen molar-refractivity contribution >= 4 is 12.3 Å². The van der Waals surface area contributed by atoms with Crippen LogP contribution in [0.5, 0.6) is 5.75 Å². The molecule has 2 N–H and O–H groups in total. The minimum Gasteiger partial charge on any atom is -0.506 e. The van der Waals surface area contributed by atoms with Crippen LogP contribution in [0.1, 0.15) is 20.7 Å². The van der Waals surface area contributed by atoms with Crippen LogP contribution in [-0.2, 0) is 4.84 Å². The van der Waals surface area contributed by atoms with Gasteiger partial charge >= 0.3 is 5.97 Å². The van der Waals surface area contributed by atoms with E-state index in [0.29, 0.717) is 19.4 Å². The van der Waals surface area contributed by atoms with Crippen LogP contribution in [0.2, 0.25) is 0 Å². The molecule has 1 aliphatic heterocycles. The number of nitrogens with one attached hydrogen (secondary N) is 1. The van der Waals surface area contributed by atoms with Crippen LogP contribution in [0.3, 0.4) is 0 Å². The van der Waals surface area contributed by atoms with Crippen LogP contribution in [-0.4, -0.2) is 48.6 Å². The van der Waals surface area contributed by atoms with Crippen LogP contribution < -0.4 is 5.32 Å². The van der Waals surface area contributed by atoms with Crippen molar-refractivity contribution in [2.45, 2.75) is 0 Å². The first-order chi connectivity index (χ1) is 8.72. The second-order valence-corrected chi connectivity index (χ2v) is 3.92. The summed E-state index contributed by atoms with van der Waals surface area (Å²) in [6.07, 6.45) is 0.497. The highest BCUT2D eigenvalue weighted by Crippen LogP contribution is 2.22. The lowest BCUT2D eigenvalue weighted by atomic mass is 10.1. The maximum atomic E-state index is 11.8. The van der Waals surface area contributed by atoms with Gasteiger partial charge in [0.2, 0.25) is 0 Å². The molecular weight excluding hydrogens is 236 g/mol. The normalized spacial score (nSPS) is 16.2. The number of rotatable bonds is 3. The number of hydroxylamine groups is 2. The first kappa shape index (κ1) is 12.5. The van der Waals surface area contributed by atoms with Crippen LogP contribution >= 0.6 is 0 Å². The van der Waals surface area contributed by atoms with Crippen LogP contribution in [0.4, 0.5) is 0 Å². The van der Waals surface area contributed by atoms with Gasteiger partial charge in [-0.25, -0.2) is 4.79 Å². The first-order valence-electron chi connectivity index (χ1n) is 5.67. The summed E-state index contributed by atoms with van der Waals surface area (Å²) in [5, 5.41) is 14.4. The number of aromatic hydroxyl groups is 1. The third kappa shape index (κ3) is 2.66. The number of phenols is 1. The monoisotopic (exact) mass is 250 g/mol. The molecule has 0 aliphatic carbocycles. The lowest BCUT2D eigenvalue weighted by molar-refractivity contribution is -0.115. The topological polar surface area (TPSA) is 78.9 Å².